The fourth-order valence-corrected chi connectivity index (χ4v) is 4.22. The van der Waals surface area contributed by atoms with Gasteiger partial charge in [-0.3, -0.25) is 4.98 Å². The van der Waals surface area contributed by atoms with Crippen LogP contribution in [0.25, 0.3) is 11.3 Å². The first kappa shape index (κ1) is 25.2. The zero-order valence-electron chi connectivity index (χ0n) is 20.1. The summed E-state index contributed by atoms with van der Waals surface area (Å²) < 4.78 is 25.2. The molecular formula is C28H38FNO3. The highest BCUT2D eigenvalue weighted by Crippen LogP contribution is 2.28. The lowest BCUT2D eigenvalue weighted by atomic mass is 9.88. The van der Waals surface area contributed by atoms with Crippen LogP contribution in [-0.2, 0) is 16.0 Å². The number of nitrogens with zero attached hydrogens (tertiary/aromatic N) is 1. The van der Waals surface area contributed by atoms with E-state index >= 15 is 0 Å². The normalized spacial score (nSPS) is 19.1. The second-order valence-corrected chi connectivity index (χ2v) is 9.18. The van der Waals surface area contributed by atoms with E-state index in [9.17, 15) is 9.18 Å². The fraction of sp³-hybridized carbons (Fsp3) is 0.571. The second kappa shape index (κ2) is 13.3. The van der Waals surface area contributed by atoms with E-state index in [2.05, 4.69) is 24.0 Å². The number of carbonyl (C=O) groups is 1. The van der Waals surface area contributed by atoms with Crippen molar-refractivity contribution >= 4 is 5.97 Å². The van der Waals surface area contributed by atoms with Crippen molar-refractivity contribution in [3.8, 4) is 17.0 Å². The van der Waals surface area contributed by atoms with E-state index in [4.69, 9.17) is 9.47 Å². The van der Waals surface area contributed by atoms with Crippen molar-refractivity contribution in [1.82, 2.24) is 4.98 Å². The van der Waals surface area contributed by atoms with Crippen molar-refractivity contribution in [2.45, 2.75) is 90.3 Å². The number of esters is 1. The lowest BCUT2D eigenvalue weighted by Gasteiger charge is -2.28. The van der Waals surface area contributed by atoms with Crippen LogP contribution in [0.3, 0.4) is 0 Å². The molecule has 0 saturated heterocycles. The van der Waals surface area contributed by atoms with Crippen molar-refractivity contribution < 1.29 is 18.7 Å². The third kappa shape index (κ3) is 8.13. The molecule has 1 aliphatic carbocycles. The van der Waals surface area contributed by atoms with Crippen molar-refractivity contribution in [2.24, 2.45) is 5.92 Å². The van der Waals surface area contributed by atoms with Crippen LogP contribution < -0.4 is 4.74 Å². The second-order valence-electron chi connectivity index (χ2n) is 9.18. The molecule has 0 bridgehead atoms. The molecule has 1 aromatic carbocycles. The molecule has 2 aromatic rings. The first-order chi connectivity index (χ1) is 16.1. The molecule has 0 spiro atoms. The molecule has 0 N–H and O–H groups in total. The minimum Gasteiger partial charge on any atom is -0.493 e. The molecule has 0 unspecified atom stereocenters. The van der Waals surface area contributed by atoms with Crippen molar-refractivity contribution in [3.63, 3.8) is 0 Å². The zero-order chi connectivity index (χ0) is 23.5. The smallest absolute Gasteiger partial charge is 0.340 e. The molecule has 1 fully saturated rings. The quantitative estimate of drug-likeness (QED) is 0.320. The van der Waals surface area contributed by atoms with Gasteiger partial charge in [0, 0.05) is 11.8 Å². The molecule has 1 aliphatic rings. The Labute approximate surface area is 197 Å². The highest BCUT2D eigenvalue weighted by Gasteiger charge is 2.27. The molecule has 0 aliphatic heterocycles. The Morgan fingerprint density at radius 1 is 1.03 bits per heavy atom. The van der Waals surface area contributed by atoms with Gasteiger partial charge in [0.25, 0.3) is 0 Å². The summed E-state index contributed by atoms with van der Waals surface area (Å²) in [4.78, 5) is 16.5. The first-order valence-electron chi connectivity index (χ1n) is 12.6. The van der Waals surface area contributed by atoms with E-state index in [0.29, 0.717) is 18.9 Å². The van der Waals surface area contributed by atoms with Crippen LogP contribution in [0, 0.1) is 5.92 Å². The highest BCUT2D eigenvalue weighted by atomic mass is 19.1. The summed E-state index contributed by atoms with van der Waals surface area (Å²) in [6.45, 7) is 4.83. The van der Waals surface area contributed by atoms with E-state index in [1.165, 1.54) is 18.4 Å². The minimum absolute atomic E-state index is 0.159. The third-order valence-electron chi connectivity index (χ3n) is 6.42. The van der Waals surface area contributed by atoms with Gasteiger partial charge in [0.1, 0.15) is 11.9 Å². The number of ether oxygens (including phenoxy) is 2. The van der Waals surface area contributed by atoms with Gasteiger partial charge < -0.3 is 9.47 Å². The summed E-state index contributed by atoms with van der Waals surface area (Å²) in [5, 5.41) is 0. The predicted octanol–water partition coefficient (Wildman–Crippen LogP) is 7.10. The monoisotopic (exact) mass is 455 g/mol. The lowest BCUT2D eigenvalue weighted by Crippen LogP contribution is -2.30. The molecular weight excluding hydrogens is 417 g/mol. The van der Waals surface area contributed by atoms with Crippen LogP contribution in [-0.4, -0.2) is 29.8 Å². The van der Waals surface area contributed by atoms with Gasteiger partial charge >= 0.3 is 5.97 Å². The lowest BCUT2D eigenvalue weighted by molar-refractivity contribution is -0.157. The molecule has 0 amide bonds. The largest absolute Gasteiger partial charge is 0.493 e. The highest BCUT2D eigenvalue weighted by molar-refractivity contribution is 5.74. The Hall–Kier alpha value is -2.43. The Kier molecular flexibility index (Phi) is 10.2. The summed E-state index contributed by atoms with van der Waals surface area (Å²) >= 11 is 0. The predicted molar refractivity (Wildman–Crippen MR) is 130 cm³/mol. The molecule has 1 saturated carbocycles. The zero-order valence-corrected chi connectivity index (χ0v) is 20.1. The number of rotatable bonds is 12. The Morgan fingerprint density at radius 2 is 1.76 bits per heavy atom. The summed E-state index contributed by atoms with van der Waals surface area (Å²) in [6, 6.07) is 12.3. The number of hydrogen-bond acceptors (Lipinski definition) is 4. The van der Waals surface area contributed by atoms with Crippen molar-refractivity contribution in [1.29, 1.82) is 0 Å². The number of alkyl halides is 1. The van der Waals surface area contributed by atoms with Crippen LogP contribution in [0.15, 0.2) is 42.6 Å². The molecule has 4 nitrogen and oxygen atoms in total. The molecule has 5 heteroatoms. The molecule has 0 radical (unpaired) electrons. The van der Waals surface area contributed by atoms with Crippen LogP contribution in [0.1, 0.15) is 77.2 Å². The maximum Gasteiger partial charge on any atom is 0.340 e. The standard InChI is InChI=1S/C28H38FNO3/c1-3-5-7-21-11-18-27(30-19-21)23-12-16-24(17-13-23)32-20-22-9-14-25(15-10-22)33-28(31)26(29)8-6-4-2/h11-13,16-19,22,25-26H,3-10,14-15,20H2,1-2H3/t22?,25?,26-/m0/s1. The Balaban J connectivity index is 1.39. The van der Waals surface area contributed by atoms with Crippen LogP contribution in [0.2, 0.25) is 0 Å². The molecule has 1 heterocycles. The number of hydrogen-bond donors (Lipinski definition) is 0. The van der Waals surface area contributed by atoms with Gasteiger partial charge in [0.2, 0.25) is 0 Å². The van der Waals surface area contributed by atoms with Gasteiger partial charge in [-0.1, -0.05) is 39.2 Å². The summed E-state index contributed by atoms with van der Waals surface area (Å²) in [6.07, 6.45) is 9.05. The molecule has 1 aromatic heterocycles. The maximum atomic E-state index is 13.8. The van der Waals surface area contributed by atoms with Gasteiger partial charge in [-0.25, -0.2) is 9.18 Å². The Morgan fingerprint density at radius 3 is 2.39 bits per heavy atom. The molecule has 3 rings (SSSR count). The summed E-state index contributed by atoms with van der Waals surface area (Å²) in [5.74, 6) is 0.592. The summed E-state index contributed by atoms with van der Waals surface area (Å²) in [5.41, 5.74) is 3.34. The maximum absolute atomic E-state index is 13.8. The average molecular weight is 456 g/mol. The minimum atomic E-state index is -1.48. The SMILES string of the molecule is CCCCc1ccc(-c2ccc(OCC3CCC(OC(=O)[C@@H](F)CCCC)CC3)cc2)nc1. The van der Waals surface area contributed by atoms with Crippen LogP contribution in [0.4, 0.5) is 4.39 Å². The number of aryl methyl sites for hydroxylation is 1. The van der Waals surface area contributed by atoms with Gasteiger partial charge in [0.05, 0.1) is 12.3 Å². The van der Waals surface area contributed by atoms with Crippen LogP contribution >= 0.6 is 0 Å². The van der Waals surface area contributed by atoms with Gasteiger partial charge in [-0.15, -0.1) is 0 Å². The summed E-state index contributed by atoms with van der Waals surface area (Å²) in [7, 11) is 0. The van der Waals surface area contributed by atoms with Gasteiger partial charge in [0.15, 0.2) is 6.17 Å². The topological polar surface area (TPSA) is 48.4 Å². The van der Waals surface area contributed by atoms with Crippen molar-refractivity contribution in [3.05, 3.63) is 48.2 Å². The number of benzene rings is 1. The van der Waals surface area contributed by atoms with E-state index in [1.807, 2.05) is 37.4 Å². The van der Waals surface area contributed by atoms with E-state index in [1.54, 1.807) is 0 Å². The number of halogens is 1. The first-order valence-corrected chi connectivity index (χ1v) is 12.6. The third-order valence-corrected chi connectivity index (χ3v) is 6.42. The van der Waals surface area contributed by atoms with E-state index in [0.717, 1.165) is 55.5 Å². The number of carbonyl (C=O) groups excluding carboxylic acids is 1. The molecule has 1 atom stereocenters. The van der Waals surface area contributed by atoms with E-state index in [-0.39, 0.29) is 12.5 Å². The molecule has 33 heavy (non-hydrogen) atoms. The van der Waals surface area contributed by atoms with Gasteiger partial charge in [-0.2, -0.15) is 0 Å². The fourth-order valence-electron chi connectivity index (χ4n) is 4.22. The van der Waals surface area contributed by atoms with E-state index < -0.39 is 12.1 Å². The van der Waals surface area contributed by atoms with Gasteiger partial charge in [-0.05, 0) is 86.8 Å². The average Bonchev–Trinajstić information content (AvgIpc) is 2.86. The number of aromatic nitrogens is 1. The number of unbranched alkanes of at least 4 members (excludes halogenated alkanes) is 2. The number of pyridine rings is 1. The molecule has 180 valence electrons. The van der Waals surface area contributed by atoms with Crippen molar-refractivity contribution in [2.75, 3.05) is 6.61 Å². The Bertz CT molecular complexity index is 829. The van der Waals surface area contributed by atoms with Crippen LogP contribution in [0.5, 0.6) is 5.75 Å².